The largest absolute Gasteiger partial charge is 0.493 e. The van der Waals surface area contributed by atoms with E-state index < -0.39 is 45.3 Å². The molecular formula is C52H55N7O12S. The summed E-state index contributed by atoms with van der Waals surface area (Å²) in [4.78, 5) is 69.8. The highest BCUT2D eigenvalue weighted by Crippen LogP contribution is 2.45. The Morgan fingerprint density at radius 3 is 1.90 bits per heavy atom. The maximum atomic E-state index is 14.3. The molecule has 4 aliphatic rings. The molecule has 5 aromatic rings. The molecule has 4 heterocycles. The Bertz CT molecular complexity index is 3090. The van der Waals surface area contributed by atoms with E-state index in [0.29, 0.717) is 64.5 Å². The van der Waals surface area contributed by atoms with Gasteiger partial charge in [0.15, 0.2) is 28.4 Å². The highest BCUT2D eigenvalue weighted by Gasteiger charge is 2.47. The van der Waals surface area contributed by atoms with Gasteiger partial charge in [-0.05, 0) is 84.5 Å². The van der Waals surface area contributed by atoms with Gasteiger partial charge >= 0.3 is 0 Å². The topological polar surface area (TPSA) is 243 Å². The molecule has 0 radical (unpaired) electrons. The van der Waals surface area contributed by atoms with Crippen molar-refractivity contribution >= 4 is 68.1 Å². The van der Waals surface area contributed by atoms with Crippen LogP contribution in [0.4, 0.5) is 28.4 Å². The molecule has 20 heteroatoms. The normalized spacial score (nSPS) is 17.5. The van der Waals surface area contributed by atoms with E-state index >= 15 is 0 Å². The number of para-hydroxylation sites is 2. The van der Waals surface area contributed by atoms with Crippen molar-refractivity contribution in [3.05, 3.63) is 124 Å². The van der Waals surface area contributed by atoms with Crippen molar-refractivity contribution in [1.82, 2.24) is 10.6 Å². The number of hydrogen-bond acceptors (Lipinski definition) is 13. The van der Waals surface area contributed by atoms with Gasteiger partial charge in [-0.15, -0.1) is 0 Å². The first-order valence-electron chi connectivity index (χ1n) is 23.7. The quantitative estimate of drug-likeness (QED) is 0.0425. The highest BCUT2D eigenvalue weighted by molar-refractivity contribution is 7.86. The maximum absolute atomic E-state index is 14.3. The monoisotopic (exact) mass is 1000 g/mol. The van der Waals surface area contributed by atoms with Gasteiger partial charge in [-0.25, -0.2) is 0 Å². The molecule has 4 atom stereocenters. The van der Waals surface area contributed by atoms with Gasteiger partial charge < -0.3 is 50.4 Å². The lowest BCUT2D eigenvalue weighted by Crippen LogP contribution is -2.49. The first-order chi connectivity index (χ1) is 34.6. The molecule has 9 rings (SSSR count). The Kier molecular flexibility index (Phi) is 14.0. The van der Waals surface area contributed by atoms with E-state index in [-0.39, 0.29) is 66.9 Å². The Morgan fingerprint density at radius 2 is 1.31 bits per heavy atom. The van der Waals surface area contributed by atoms with Crippen LogP contribution in [0.1, 0.15) is 82.5 Å². The molecule has 0 saturated heterocycles. The summed E-state index contributed by atoms with van der Waals surface area (Å²) in [5.74, 6) is -1.10. The van der Waals surface area contributed by atoms with Gasteiger partial charge in [0.25, 0.3) is 21.9 Å². The first kappa shape index (κ1) is 49.2. The number of amides is 5. The number of ether oxygens (including phenoxy) is 4. The smallest absolute Gasteiger partial charge is 0.288 e. The number of rotatable bonds is 18. The average molecular weight is 1000 g/mol. The van der Waals surface area contributed by atoms with Crippen molar-refractivity contribution in [3.8, 4) is 23.0 Å². The number of nitrogens with zero attached hydrogens (tertiary/aromatic N) is 2. The summed E-state index contributed by atoms with van der Waals surface area (Å²) in [7, 11) is -1.88. The predicted octanol–water partition coefficient (Wildman–Crippen LogP) is 6.17. The molecular weight excluding hydrogens is 947 g/mol. The van der Waals surface area contributed by atoms with Crippen LogP contribution < -0.4 is 55.3 Å². The average Bonchev–Trinajstić information content (AvgIpc) is 3.90. The second kappa shape index (κ2) is 20.5. The molecule has 4 unspecified atom stereocenters. The number of methoxy groups -OCH3 is 2. The molecule has 6 N–H and O–H groups in total. The lowest BCUT2D eigenvalue weighted by Gasteiger charge is -2.33. The van der Waals surface area contributed by atoms with Crippen LogP contribution in [0.25, 0.3) is 0 Å². The van der Waals surface area contributed by atoms with Gasteiger partial charge in [0.2, 0.25) is 17.7 Å². The summed E-state index contributed by atoms with van der Waals surface area (Å²) >= 11 is 0. The van der Waals surface area contributed by atoms with Gasteiger partial charge in [-0.2, -0.15) is 8.42 Å². The second-order valence-corrected chi connectivity index (χ2v) is 19.6. The second-order valence-electron chi connectivity index (χ2n) is 18.0. The van der Waals surface area contributed by atoms with E-state index in [9.17, 15) is 36.9 Å². The number of carbonyl (C=O) groups excluding carboxylic acids is 5. The standard InChI is InChI=1S/C52H55N7O12S/c1-5-6-7-16-47(60)53-26-48(61)54-29(2)49(62)55-34-18-30(27-70-44-24-37-35(22-42(44)68-3)52(64)59-40-15-11-9-13-33(40)21-46(59)56-37)17-31(19-34)28-71-45-25-38-36(23-43(45)69-4)51(63)58-39-14-10-8-12-32(39)20-41(58)50(57-38)72(65,66)67/h8-15,17-19,22-25,29,41,46,50,56-57H,5-7,16,20-21,26-28H2,1-4H3,(H,53,60)(H,54,61)(H,55,62)(H,65,66,67). The lowest BCUT2D eigenvalue weighted by atomic mass is 10.1. The van der Waals surface area contributed by atoms with Crippen LogP contribution in [-0.4, -0.2) is 86.9 Å². The van der Waals surface area contributed by atoms with Crippen molar-refractivity contribution in [3.63, 3.8) is 0 Å². The fraction of sp³-hybridized carbons (Fsp3) is 0.327. The fourth-order valence-electron chi connectivity index (χ4n) is 9.62. The SMILES string of the molecule is CCCCCC(=O)NCC(=O)NC(C)C(=O)Nc1cc(COc2cc3c(cc2OC)C(=O)N2c4ccccc4CC2N3)cc(COc2cc3c(cc2OC)C(=O)N2c4ccccc4CC2C(S(=O)(=O)O)N3)c1. The summed E-state index contributed by atoms with van der Waals surface area (Å²) in [5.41, 5.74) is 5.76. The van der Waals surface area contributed by atoms with Crippen LogP contribution in [0.2, 0.25) is 0 Å². The van der Waals surface area contributed by atoms with Gasteiger partial charge in [-0.1, -0.05) is 56.2 Å². The molecule has 0 aromatic heterocycles. The van der Waals surface area contributed by atoms with Crippen molar-refractivity contribution in [2.24, 2.45) is 0 Å². The Labute approximate surface area is 416 Å². The van der Waals surface area contributed by atoms with Crippen molar-refractivity contribution in [2.45, 2.75) is 89.2 Å². The van der Waals surface area contributed by atoms with Crippen LogP contribution in [-0.2, 0) is 50.6 Å². The minimum absolute atomic E-state index is 0.0585. The van der Waals surface area contributed by atoms with Crippen molar-refractivity contribution in [1.29, 1.82) is 0 Å². The van der Waals surface area contributed by atoms with Gasteiger partial charge in [0.05, 0.1) is 49.3 Å². The summed E-state index contributed by atoms with van der Waals surface area (Å²) in [6, 6.07) is 24.2. The Balaban J connectivity index is 0.971. The number of unbranched alkanes of at least 4 members (excludes halogenated alkanes) is 2. The van der Waals surface area contributed by atoms with Gasteiger partial charge in [0.1, 0.15) is 25.4 Å². The zero-order chi connectivity index (χ0) is 50.8. The number of hydrogen-bond donors (Lipinski definition) is 6. The zero-order valence-electron chi connectivity index (χ0n) is 40.1. The minimum atomic E-state index is -4.76. The highest BCUT2D eigenvalue weighted by atomic mass is 32.2. The number of anilines is 5. The van der Waals surface area contributed by atoms with Crippen LogP contribution in [0, 0.1) is 0 Å². The Hall–Kier alpha value is -7.84. The van der Waals surface area contributed by atoms with Crippen LogP contribution >= 0.6 is 0 Å². The van der Waals surface area contributed by atoms with E-state index in [0.717, 1.165) is 29.7 Å². The molecule has 0 bridgehead atoms. The molecule has 0 spiro atoms. The molecule has 4 aliphatic heterocycles. The van der Waals surface area contributed by atoms with E-state index in [4.69, 9.17) is 18.9 Å². The predicted molar refractivity (Wildman–Crippen MR) is 269 cm³/mol. The molecule has 0 saturated carbocycles. The third-order valence-electron chi connectivity index (χ3n) is 13.1. The van der Waals surface area contributed by atoms with Crippen LogP contribution in [0.5, 0.6) is 23.0 Å². The number of carbonyl (C=O) groups is 5. The van der Waals surface area contributed by atoms with Crippen LogP contribution in [0.3, 0.4) is 0 Å². The third kappa shape index (κ3) is 10.0. The van der Waals surface area contributed by atoms with E-state index in [1.165, 1.54) is 38.2 Å². The van der Waals surface area contributed by atoms with Crippen molar-refractivity contribution < 1.29 is 55.9 Å². The summed E-state index contributed by atoms with van der Waals surface area (Å²) in [6.07, 6.45) is 3.36. The molecule has 0 aliphatic carbocycles. The molecule has 0 fully saturated rings. The number of nitrogens with one attached hydrogen (secondary N) is 5. The van der Waals surface area contributed by atoms with E-state index in [1.54, 1.807) is 59.5 Å². The lowest BCUT2D eigenvalue weighted by molar-refractivity contribution is -0.128. The van der Waals surface area contributed by atoms with Crippen molar-refractivity contribution in [2.75, 3.05) is 46.5 Å². The summed E-state index contributed by atoms with van der Waals surface area (Å²) in [5, 5.41) is 12.9. The zero-order valence-corrected chi connectivity index (χ0v) is 40.9. The molecule has 5 amide bonds. The minimum Gasteiger partial charge on any atom is -0.493 e. The number of fused-ring (bicyclic) bond motifs is 8. The Morgan fingerprint density at radius 1 is 0.736 bits per heavy atom. The van der Waals surface area contributed by atoms with Gasteiger partial charge in [0, 0.05) is 42.0 Å². The molecule has 72 heavy (non-hydrogen) atoms. The van der Waals surface area contributed by atoms with E-state index in [2.05, 4.69) is 26.6 Å². The van der Waals surface area contributed by atoms with Gasteiger partial charge in [-0.3, -0.25) is 33.4 Å². The molecule has 19 nitrogen and oxygen atoms in total. The first-order valence-corrected chi connectivity index (χ1v) is 25.2. The summed E-state index contributed by atoms with van der Waals surface area (Å²) < 4.78 is 60.5. The van der Waals surface area contributed by atoms with E-state index in [1.807, 2.05) is 31.2 Å². The fourth-order valence-corrected chi connectivity index (χ4v) is 10.5. The van der Waals surface area contributed by atoms with Crippen LogP contribution in [0.15, 0.2) is 91.0 Å². The number of benzene rings is 5. The maximum Gasteiger partial charge on any atom is 0.288 e. The third-order valence-corrected chi connectivity index (χ3v) is 14.2. The molecule has 376 valence electrons. The summed E-state index contributed by atoms with van der Waals surface area (Å²) in [6.45, 7) is 3.04. The molecule has 5 aromatic carbocycles.